The number of furan rings is 1. The van der Waals surface area contributed by atoms with Gasteiger partial charge in [-0.3, -0.25) is 4.79 Å². The zero-order valence-electron chi connectivity index (χ0n) is 12.7. The van der Waals surface area contributed by atoms with Gasteiger partial charge < -0.3 is 19.5 Å². The highest BCUT2D eigenvalue weighted by Crippen LogP contribution is 2.33. The number of carboxylic acid groups (broad SMARTS) is 1. The Morgan fingerprint density at radius 3 is 2.78 bits per heavy atom. The second kappa shape index (κ2) is 5.89. The largest absolute Gasteiger partial charge is 0.475 e. The van der Waals surface area contributed by atoms with Gasteiger partial charge in [-0.2, -0.15) is 0 Å². The minimum atomic E-state index is -1.14. The smallest absolute Gasteiger partial charge is 0.371 e. The van der Waals surface area contributed by atoms with E-state index in [0.717, 1.165) is 16.8 Å². The summed E-state index contributed by atoms with van der Waals surface area (Å²) in [6.45, 7) is 2.08. The molecule has 1 aromatic carbocycles. The van der Waals surface area contributed by atoms with Gasteiger partial charge in [-0.15, -0.1) is 0 Å². The van der Waals surface area contributed by atoms with Crippen LogP contribution in [0.2, 0.25) is 0 Å². The summed E-state index contributed by atoms with van der Waals surface area (Å²) in [5.41, 5.74) is 2.44. The van der Waals surface area contributed by atoms with Gasteiger partial charge >= 0.3 is 5.97 Å². The number of rotatable bonds is 5. The van der Waals surface area contributed by atoms with E-state index in [1.165, 1.54) is 6.07 Å². The van der Waals surface area contributed by atoms with E-state index in [9.17, 15) is 14.7 Å². The third kappa shape index (κ3) is 2.85. The molecule has 0 aliphatic carbocycles. The Balaban J connectivity index is 1.85. The van der Waals surface area contributed by atoms with Crippen molar-refractivity contribution in [2.24, 2.45) is 0 Å². The van der Waals surface area contributed by atoms with Gasteiger partial charge in [-0.25, -0.2) is 4.79 Å². The zero-order valence-corrected chi connectivity index (χ0v) is 12.7. The third-order valence-corrected chi connectivity index (χ3v) is 3.99. The van der Waals surface area contributed by atoms with Crippen LogP contribution in [0.25, 0.3) is 0 Å². The molecule has 0 fully saturated rings. The molecule has 0 bridgehead atoms. The number of hydrogen-bond donors (Lipinski definition) is 2. The molecular weight excluding hydrogens is 298 g/mol. The van der Waals surface area contributed by atoms with Gasteiger partial charge in [-0.1, -0.05) is 19.1 Å². The Hall–Kier alpha value is -2.60. The molecule has 120 valence electrons. The molecule has 2 aromatic rings. The summed E-state index contributed by atoms with van der Waals surface area (Å²) in [6, 6.07) is 8.41. The number of fused-ring (bicyclic) bond motifs is 1. The summed E-state index contributed by atoms with van der Waals surface area (Å²) < 4.78 is 5.22. The summed E-state index contributed by atoms with van der Waals surface area (Å²) >= 11 is 0. The van der Waals surface area contributed by atoms with Gasteiger partial charge in [0.15, 0.2) is 0 Å². The summed E-state index contributed by atoms with van der Waals surface area (Å²) in [4.78, 5) is 24.6. The van der Waals surface area contributed by atoms with Gasteiger partial charge in [0.1, 0.15) is 5.76 Å². The molecule has 1 aromatic heterocycles. The number of anilines is 1. The zero-order chi connectivity index (χ0) is 16.6. The normalized spacial score (nSPS) is 14.9. The van der Waals surface area contributed by atoms with Gasteiger partial charge in [0.05, 0.1) is 19.1 Å². The van der Waals surface area contributed by atoms with E-state index in [1.807, 2.05) is 25.1 Å². The van der Waals surface area contributed by atoms with E-state index in [2.05, 4.69) is 0 Å². The van der Waals surface area contributed by atoms with Crippen LogP contribution in [0.1, 0.15) is 46.9 Å². The Labute approximate surface area is 133 Å². The Morgan fingerprint density at radius 1 is 1.35 bits per heavy atom. The number of amides is 1. The fourth-order valence-corrected chi connectivity index (χ4v) is 2.75. The van der Waals surface area contributed by atoms with Crippen molar-refractivity contribution in [2.45, 2.75) is 32.4 Å². The predicted octanol–water partition coefficient (Wildman–Crippen LogP) is 2.51. The van der Waals surface area contributed by atoms with Crippen molar-refractivity contribution in [2.75, 3.05) is 4.90 Å². The first kappa shape index (κ1) is 15.3. The van der Waals surface area contributed by atoms with Crippen LogP contribution in [0.15, 0.2) is 34.7 Å². The van der Waals surface area contributed by atoms with Gasteiger partial charge in [0.2, 0.25) is 11.7 Å². The quantitative estimate of drug-likeness (QED) is 0.884. The van der Waals surface area contributed by atoms with Crippen molar-refractivity contribution < 1.29 is 24.2 Å². The van der Waals surface area contributed by atoms with Crippen molar-refractivity contribution >= 4 is 17.6 Å². The third-order valence-electron chi connectivity index (χ3n) is 3.99. The number of aliphatic hydroxyl groups is 1. The molecule has 1 amide bonds. The summed E-state index contributed by atoms with van der Waals surface area (Å²) in [5.74, 6) is -0.937. The van der Waals surface area contributed by atoms with Crippen LogP contribution >= 0.6 is 0 Å². The fraction of sp³-hybridized carbons (Fsp3) is 0.294. The highest BCUT2D eigenvalue weighted by atomic mass is 16.4. The van der Waals surface area contributed by atoms with E-state index < -0.39 is 12.1 Å². The number of aromatic carboxylic acids is 1. The Bertz CT molecular complexity index is 764. The van der Waals surface area contributed by atoms with Crippen molar-refractivity contribution in [3.05, 3.63) is 53.0 Å². The van der Waals surface area contributed by atoms with Crippen molar-refractivity contribution in [3.8, 4) is 0 Å². The summed E-state index contributed by atoms with van der Waals surface area (Å²) in [5, 5.41) is 18.8. The van der Waals surface area contributed by atoms with Gasteiger partial charge in [0, 0.05) is 5.69 Å². The minimum absolute atomic E-state index is 0.0728. The average Bonchev–Trinajstić information content (AvgIpc) is 3.12. The standard InChI is InChI=1S/C17H17NO5/c1-2-14(19)10-3-5-13-11(7-10)8-16(20)18(13)9-12-4-6-15(23-12)17(21)22/h3-7,14,19H,2,8-9H2,1H3,(H,21,22). The maximum Gasteiger partial charge on any atom is 0.371 e. The van der Waals surface area contributed by atoms with Gasteiger partial charge in [0.25, 0.3) is 0 Å². The number of carboxylic acids is 1. The number of aliphatic hydroxyl groups excluding tert-OH is 1. The Morgan fingerprint density at radius 2 is 2.13 bits per heavy atom. The maximum absolute atomic E-state index is 12.2. The fourth-order valence-electron chi connectivity index (χ4n) is 2.75. The SMILES string of the molecule is CCC(O)c1ccc2c(c1)CC(=O)N2Cc1ccc(C(=O)O)o1. The molecule has 1 aliphatic heterocycles. The monoisotopic (exact) mass is 315 g/mol. The molecule has 0 radical (unpaired) electrons. The maximum atomic E-state index is 12.2. The number of nitrogens with zero attached hydrogens (tertiary/aromatic N) is 1. The molecule has 23 heavy (non-hydrogen) atoms. The number of benzene rings is 1. The summed E-state index contributed by atoms with van der Waals surface area (Å²) in [6.07, 6.45) is 0.347. The first-order valence-corrected chi connectivity index (χ1v) is 7.43. The highest BCUT2D eigenvalue weighted by Gasteiger charge is 2.29. The topological polar surface area (TPSA) is 91.0 Å². The lowest BCUT2D eigenvalue weighted by Gasteiger charge is -2.17. The molecule has 1 atom stereocenters. The van der Waals surface area contributed by atoms with Crippen molar-refractivity contribution in [3.63, 3.8) is 0 Å². The van der Waals surface area contributed by atoms with Crippen LogP contribution in [-0.4, -0.2) is 22.1 Å². The van der Waals surface area contributed by atoms with Crippen LogP contribution in [0, 0.1) is 0 Å². The van der Waals surface area contributed by atoms with E-state index in [1.54, 1.807) is 11.0 Å². The second-order valence-corrected chi connectivity index (χ2v) is 5.54. The van der Waals surface area contributed by atoms with Crippen LogP contribution in [0.5, 0.6) is 0 Å². The van der Waals surface area contributed by atoms with Crippen molar-refractivity contribution in [1.29, 1.82) is 0 Å². The molecule has 0 spiro atoms. The van der Waals surface area contributed by atoms with Crippen LogP contribution in [-0.2, 0) is 17.8 Å². The van der Waals surface area contributed by atoms with Crippen molar-refractivity contribution in [1.82, 2.24) is 0 Å². The summed E-state index contributed by atoms with van der Waals surface area (Å²) in [7, 11) is 0. The molecular formula is C17H17NO5. The number of hydrogen-bond acceptors (Lipinski definition) is 4. The molecule has 2 N–H and O–H groups in total. The molecule has 6 nitrogen and oxygen atoms in total. The first-order valence-electron chi connectivity index (χ1n) is 7.43. The lowest BCUT2D eigenvalue weighted by Crippen LogP contribution is -2.25. The first-order chi connectivity index (χ1) is 11.0. The van der Waals surface area contributed by atoms with E-state index in [-0.39, 0.29) is 24.6 Å². The molecule has 0 saturated heterocycles. The highest BCUT2D eigenvalue weighted by molar-refractivity contribution is 6.01. The van der Waals surface area contributed by atoms with Crippen LogP contribution in [0.4, 0.5) is 5.69 Å². The van der Waals surface area contributed by atoms with Gasteiger partial charge in [-0.05, 0) is 35.7 Å². The molecule has 1 aliphatic rings. The predicted molar refractivity (Wildman–Crippen MR) is 82.3 cm³/mol. The molecule has 3 rings (SSSR count). The molecule has 0 saturated carbocycles. The number of carbonyl (C=O) groups is 2. The average molecular weight is 315 g/mol. The van der Waals surface area contributed by atoms with E-state index in [0.29, 0.717) is 12.2 Å². The lowest BCUT2D eigenvalue weighted by atomic mass is 10.0. The van der Waals surface area contributed by atoms with E-state index in [4.69, 9.17) is 9.52 Å². The lowest BCUT2D eigenvalue weighted by molar-refractivity contribution is -0.117. The van der Waals surface area contributed by atoms with E-state index >= 15 is 0 Å². The number of carbonyl (C=O) groups excluding carboxylic acids is 1. The Kier molecular flexibility index (Phi) is 3.92. The molecule has 1 unspecified atom stereocenters. The molecule has 6 heteroatoms. The minimum Gasteiger partial charge on any atom is -0.475 e. The van der Waals surface area contributed by atoms with Crippen LogP contribution in [0.3, 0.4) is 0 Å². The van der Waals surface area contributed by atoms with Crippen LogP contribution < -0.4 is 4.90 Å². The molecule has 2 heterocycles. The second-order valence-electron chi connectivity index (χ2n) is 5.54.